The zero-order chi connectivity index (χ0) is 14.5. The van der Waals surface area contributed by atoms with Gasteiger partial charge in [-0.2, -0.15) is 5.26 Å². The number of alkyl halides is 1. The molecule has 20 heavy (non-hydrogen) atoms. The van der Waals surface area contributed by atoms with Crippen molar-refractivity contribution in [1.82, 2.24) is 4.98 Å². The molecule has 0 saturated heterocycles. The third-order valence-corrected chi connectivity index (χ3v) is 3.00. The van der Waals surface area contributed by atoms with Gasteiger partial charge in [-0.3, -0.25) is 4.79 Å². The highest BCUT2D eigenvalue weighted by Gasteiger charge is 2.12. The molecule has 0 aliphatic rings. The van der Waals surface area contributed by atoms with Gasteiger partial charge in [0.25, 0.3) is 5.91 Å². The minimum Gasteiger partial charge on any atom is -0.320 e. The highest BCUT2D eigenvalue weighted by Crippen LogP contribution is 2.27. The van der Waals surface area contributed by atoms with Gasteiger partial charge in [-0.05, 0) is 30.7 Å². The minimum absolute atomic E-state index is 0.208. The number of anilines is 1. The number of amides is 1. The van der Waals surface area contributed by atoms with E-state index in [1.807, 2.05) is 31.2 Å². The highest BCUT2D eigenvalue weighted by molar-refractivity contribution is 6.21. The van der Waals surface area contributed by atoms with Crippen LogP contribution >= 0.6 is 11.6 Å². The van der Waals surface area contributed by atoms with Crippen molar-refractivity contribution in [3.05, 3.63) is 59.4 Å². The third kappa shape index (κ3) is 3.14. The number of para-hydroxylation sites is 1. The number of nitrogens with one attached hydrogen (secondary N) is 1. The number of carbonyl (C=O) groups is 1. The number of rotatable bonds is 3. The van der Waals surface area contributed by atoms with Crippen LogP contribution in [0, 0.1) is 11.3 Å². The number of pyridine rings is 1. The zero-order valence-electron chi connectivity index (χ0n) is 10.8. The maximum atomic E-state index is 12.1. The van der Waals surface area contributed by atoms with Gasteiger partial charge in [-0.25, -0.2) is 4.98 Å². The molecule has 100 valence electrons. The first kappa shape index (κ1) is 14.0. The summed E-state index contributed by atoms with van der Waals surface area (Å²) in [7, 11) is 0. The number of nitrogens with zero attached hydrogens (tertiary/aromatic N) is 2. The Morgan fingerprint density at radius 1 is 1.35 bits per heavy atom. The molecule has 0 aliphatic heterocycles. The summed E-state index contributed by atoms with van der Waals surface area (Å²) in [6, 6.07) is 12.4. The molecular weight excluding hydrogens is 274 g/mol. The molecular formula is C15H12ClN3O. The van der Waals surface area contributed by atoms with Crippen LogP contribution in [0.25, 0.3) is 0 Å². The van der Waals surface area contributed by atoms with Crippen LogP contribution in [0.1, 0.15) is 33.9 Å². The molecule has 0 aliphatic carbocycles. The average molecular weight is 286 g/mol. The van der Waals surface area contributed by atoms with Crippen molar-refractivity contribution in [2.24, 2.45) is 0 Å². The summed E-state index contributed by atoms with van der Waals surface area (Å²) < 4.78 is 0. The van der Waals surface area contributed by atoms with Crippen LogP contribution in [0.5, 0.6) is 0 Å². The standard InChI is InChI=1S/C15H12ClN3O/c1-10(16)12-4-2-3-5-13(12)19-15(20)14-7-6-11(8-17)9-18-14/h2-7,9-10H,1H3,(H,19,20). The lowest BCUT2D eigenvalue weighted by Gasteiger charge is -2.12. The molecule has 2 rings (SSSR count). The summed E-state index contributed by atoms with van der Waals surface area (Å²) in [4.78, 5) is 16.0. The van der Waals surface area contributed by atoms with E-state index < -0.39 is 0 Å². The summed E-state index contributed by atoms with van der Waals surface area (Å²) in [5.41, 5.74) is 2.17. The van der Waals surface area contributed by atoms with Crippen LogP contribution in [0.2, 0.25) is 0 Å². The van der Waals surface area contributed by atoms with Gasteiger partial charge in [0.15, 0.2) is 0 Å². The lowest BCUT2D eigenvalue weighted by Crippen LogP contribution is -2.15. The monoisotopic (exact) mass is 285 g/mol. The Hall–Kier alpha value is -2.38. The Labute approximate surface area is 122 Å². The van der Waals surface area contributed by atoms with E-state index in [0.29, 0.717) is 11.3 Å². The minimum atomic E-state index is -0.334. The molecule has 0 radical (unpaired) electrons. The van der Waals surface area contributed by atoms with E-state index in [-0.39, 0.29) is 17.0 Å². The van der Waals surface area contributed by atoms with Crippen LogP contribution in [0.4, 0.5) is 5.69 Å². The van der Waals surface area contributed by atoms with E-state index in [1.54, 1.807) is 12.1 Å². The molecule has 1 N–H and O–H groups in total. The number of benzene rings is 1. The lowest BCUT2D eigenvalue weighted by molar-refractivity contribution is 0.102. The van der Waals surface area contributed by atoms with Crippen LogP contribution in [0.15, 0.2) is 42.6 Å². The lowest BCUT2D eigenvalue weighted by atomic mass is 10.1. The first-order chi connectivity index (χ1) is 9.61. The largest absolute Gasteiger partial charge is 0.320 e. The van der Waals surface area contributed by atoms with E-state index in [4.69, 9.17) is 16.9 Å². The SMILES string of the molecule is CC(Cl)c1ccccc1NC(=O)c1ccc(C#N)cn1. The van der Waals surface area contributed by atoms with Crippen molar-refractivity contribution in [3.63, 3.8) is 0 Å². The van der Waals surface area contributed by atoms with E-state index in [2.05, 4.69) is 10.3 Å². The van der Waals surface area contributed by atoms with Crippen molar-refractivity contribution < 1.29 is 4.79 Å². The second kappa shape index (κ2) is 6.18. The molecule has 1 unspecified atom stereocenters. The highest BCUT2D eigenvalue weighted by atomic mass is 35.5. The number of hydrogen-bond acceptors (Lipinski definition) is 3. The average Bonchev–Trinajstić information content (AvgIpc) is 2.47. The molecule has 4 nitrogen and oxygen atoms in total. The normalized spacial score (nSPS) is 11.4. The summed E-state index contributed by atoms with van der Waals surface area (Å²) in [6.07, 6.45) is 1.37. The van der Waals surface area contributed by atoms with E-state index in [9.17, 15) is 4.79 Å². The van der Waals surface area contributed by atoms with Crippen molar-refractivity contribution in [2.75, 3.05) is 5.32 Å². The first-order valence-electron chi connectivity index (χ1n) is 6.02. The fraction of sp³-hybridized carbons (Fsp3) is 0.133. The Morgan fingerprint density at radius 3 is 2.70 bits per heavy atom. The van der Waals surface area contributed by atoms with Crippen molar-refractivity contribution in [1.29, 1.82) is 5.26 Å². The number of carbonyl (C=O) groups excluding carboxylic acids is 1. The zero-order valence-corrected chi connectivity index (χ0v) is 11.6. The molecule has 5 heteroatoms. The van der Waals surface area contributed by atoms with Gasteiger partial charge in [0.2, 0.25) is 0 Å². The fourth-order valence-corrected chi connectivity index (χ4v) is 1.93. The van der Waals surface area contributed by atoms with Gasteiger partial charge in [-0.15, -0.1) is 11.6 Å². The van der Waals surface area contributed by atoms with Gasteiger partial charge in [0.05, 0.1) is 10.9 Å². The summed E-state index contributed by atoms with van der Waals surface area (Å²) in [5.74, 6) is -0.334. The maximum Gasteiger partial charge on any atom is 0.274 e. The Morgan fingerprint density at radius 2 is 2.10 bits per heavy atom. The van der Waals surface area contributed by atoms with Crippen LogP contribution in [-0.2, 0) is 0 Å². The second-order valence-electron chi connectivity index (χ2n) is 4.20. The maximum absolute atomic E-state index is 12.1. The smallest absolute Gasteiger partial charge is 0.274 e. The van der Waals surface area contributed by atoms with E-state index >= 15 is 0 Å². The molecule has 1 aromatic heterocycles. The molecule has 1 atom stereocenters. The molecule has 1 heterocycles. The van der Waals surface area contributed by atoms with Gasteiger partial charge < -0.3 is 5.32 Å². The summed E-state index contributed by atoms with van der Waals surface area (Å²) in [6.45, 7) is 1.84. The Balaban J connectivity index is 2.21. The van der Waals surface area contributed by atoms with Gasteiger partial charge in [0, 0.05) is 11.9 Å². The first-order valence-corrected chi connectivity index (χ1v) is 6.46. The van der Waals surface area contributed by atoms with Crippen molar-refractivity contribution >= 4 is 23.2 Å². The van der Waals surface area contributed by atoms with Crippen LogP contribution in [-0.4, -0.2) is 10.9 Å². The predicted molar refractivity (Wildman–Crippen MR) is 77.6 cm³/mol. The number of aromatic nitrogens is 1. The van der Waals surface area contributed by atoms with Crippen LogP contribution in [0.3, 0.4) is 0 Å². The Kier molecular flexibility index (Phi) is 4.34. The quantitative estimate of drug-likeness (QED) is 0.878. The van der Waals surface area contributed by atoms with Gasteiger partial charge in [-0.1, -0.05) is 18.2 Å². The summed E-state index contributed by atoms with van der Waals surface area (Å²) in [5, 5.41) is 11.3. The van der Waals surface area contributed by atoms with E-state index in [0.717, 1.165) is 5.56 Å². The van der Waals surface area contributed by atoms with Crippen molar-refractivity contribution in [3.8, 4) is 6.07 Å². The molecule has 0 fully saturated rings. The van der Waals surface area contributed by atoms with Gasteiger partial charge in [0.1, 0.15) is 11.8 Å². The number of halogens is 1. The van der Waals surface area contributed by atoms with Crippen LogP contribution < -0.4 is 5.32 Å². The molecule has 0 spiro atoms. The third-order valence-electron chi connectivity index (χ3n) is 2.76. The number of nitriles is 1. The molecule has 1 amide bonds. The number of hydrogen-bond donors (Lipinski definition) is 1. The van der Waals surface area contributed by atoms with Crippen molar-refractivity contribution in [2.45, 2.75) is 12.3 Å². The topological polar surface area (TPSA) is 65.8 Å². The predicted octanol–water partition coefficient (Wildman–Crippen LogP) is 3.51. The Bertz CT molecular complexity index is 660. The van der Waals surface area contributed by atoms with E-state index in [1.165, 1.54) is 12.3 Å². The molecule has 2 aromatic rings. The van der Waals surface area contributed by atoms with Gasteiger partial charge >= 0.3 is 0 Å². The fourth-order valence-electron chi connectivity index (χ4n) is 1.74. The second-order valence-corrected chi connectivity index (χ2v) is 4.86. The molecule has 0 bridgehead atoms. The summed E-state index contributed by atoms with van der Waals surface area (Å²) >= 11 is 6.07. The molecule has 1 aromatic carbocycles. The molecule has 0 saturated carbocycles.